The summed E-state index contributed by atoms with van der Waals surface area (Å²) < 4.78 is 30.4. The average molecular weight is 739 g/mol. The minimum Gasteiger partial charge on any atom is -0.493 e. The molecule has 0 N–H and O–H groups in total. The van der Waals surface area contributed by atoms with Crippen molar-refractivity contribution in [1.29, 1.82) is 5.26 Å². The van der Waals surface area contributed by atoms with Crippen molar-refractivity contribution in [3.63, 3.8) is 0 Å². The molecule has 0 aliphatic carbocycles. The Hall–Kier alpha value is -4.57. The van der Waals surface area contributed by atoms with Crippen LogP contribution in [0.5, 0.6) is 23.0 Å². The van der Waals surface area contributed by atoms with Crippen molar-refractivity contribution in [2.45, 2.75) is 26.5 Å². The number of nitriles is 1. The highest BCUT2D eigenvalue weighted by Crippen LogP contribution is 2.41. The third-order valence-corrected chi connectivity index (χ3v) is 9.28. The molecule has 0 saturated carbocycles. The second-order valence-electron chi connectivity index (χ2n) is 10.2. The molecule has 0 spiro atoms. The maximum Gasteiger partial charge on any atom is 0.338 e. The van der Waals surface area contributed by atoms with Gasteiger partial charge in [0.15, 0.2) is 27.8 Å². The van der Waals surface area contributed by atoms with Crippen LogP contribution < -0.4 is 33.8 Å². The Morgan fingerprint density at radius 3 is 2.40 bits per heavy atom. The minimum atomic E-state index is -0.877. The molecule has 0 fully saturated rings. The van der Waals surface area contributed by atoms with E-state index in [2.05, 4.69) is 27.0 Å². The quantitative estimate of drug-likeness (QED) is 0.190. The summed E-state index contributed by atoms with van der Waals surface area (Å²) in [5.74, 6) is 1.03. The van der Waals surface area contributed by atoms with Crippen molar-refractivity contribution in [2.75, 3.05) is 27.9 Å². The number of allylic oxidation sites excluding steroid dienone is 1. The first-order valence-corrected chi connectivity index (χ1v) is 16.2. The number of hydrogen-bond acceptors (Lipinski definition) is 10. The van der Waals surface area contributed by atoms with Crippen LogP contribution >= 0.6 is 38.9 Å². The van der Waals surface area contributed by atoms with Crippen molar-refractivity contribution >= 4 is 50.9 Å². The van der Waals surface area contributed by atoms with E-state index in [0.29, 0.717) is 59.2 Å². The number of aromatic nitrogens is 1. The van der Waals surface area contributed by atoms with E-state index >= 15 is 0 Å². The molecule has 10 nitrogen and oxygen atoms in total. The van der Waals surface area contributed by atoms with Gasteiger partial charge in [-0.15, -0.1) is 0 Å². The smallest absolute Gasteiger partial charge is 0.338 e. The first-order valence-electron chi connectivity index (χ1n) is 14.2. The van der Waals surface area contributed by atoms with Crippen molar-refractivity contribution in [3.05, 3.63) is 111 Å². The molecule has 0 saturated heterocycles. The first-order chi connectivity index (χ1) is 22.6. The molecule has 0 amide bonds. The maximum atomic E-state index is 14.2. The number of hydrogen-bond donors (Lipinski definition) is 0. The summed E-state index contributed by atoms with van der Waals surface area (Å²) in [5.41, 5.74) is 2.86. The lowest BCUT2D eigenvalue weighted by Crippen LogP contribution is -2.40. The number of carbonyl (C=O) groups is 1. The zero-order chi connectivity index (χ0) is 33.8. The average Bonchev–Trinajstić information content (AvgIpc) is 3.37. The van der Waals surface area contributed by atoms with Gasteiger partial charge < -0.3 is 23.7 Å². The zero-order valence-corrected chi connectivity index (χ0v) is 29.2. The highest BCUT2D eigenvalue weighted by atomic mass is 79.9. The molecular weight excluding hydrogens is 710 g/mol. The third-order valence-electron chi connectivity index (χ3n) is 7.33. The Labute approximate surface area is 287 Å². The fraction of sp³-hybridized carbons (Fsp3) is 0.235. The van der Waals surface area contributed by atoms with Crippen LogP contribution in [0.2, 0.25) is 5.02 Å². The van der Waals surface area contributed by atoms with Gasteiger partial charge >= 0.3 is 5.97 Å². The summed E-state index contributed by atoms with van der Waals surface area (Å²) >= 11 is 11.4. The minimum absolute atomic E-state index is 0.148. The third kappa shape index (κ3) is 6.79. The molecule has 0 bridgehead atoms. The Morgan fingerprint density at radius 1 is 1.09 bits per heavy atom. The van der Waals surface area contributed by atoms with Crippen LogP contribution in [0.3, 0.4) is 0 Å². The largest absolute Gasteiger partial charge is 0.493 e. The van der Waals surface area contributed by atoms with E-state index in [0.717, 1.165) is 5.56 Å². The monoisotopic (exact) mass is 737 g/mol. The van der Waals surface area contributed by atoms with Gasteiger partial charge in [-0.2, -0.15) is 5.26 Å². The van der Waals surface area contributed by atoms with E-state index in [1.54, 1.807) is 68.5 Å². The molecule has 0 radical (unpaired) electrons. The van der Waals surface area contributed by atoms with Crippen molar-refractivity contribution in [2.24, 2.45) is 4.99 Å². The fourth-order valence-electron chi connectivity index (χ4n) is 5.11. The van der Waals surface area contributed by atoms with Crippen molar-refractivity contribution < 1.29 is 28.5 Å². The second kappa shape index (κ2) is 14.5. The number of fused-ring (bicyclic) bond motifs is 1. The molecule has 4 aromatic rings. The SMILES string of the molecule is CCOC(=O)C1=C(C)N=c2s/c(=C\c3cc(Cl)c(OCc4ccc(C#N)cc4)c(OC)c3)c(=O)n2[C@@H]1c1cc(OC)c(OC)cc1Br. The zero-order valence-electron chi connectivity index (χ0n) is 26.1. The van der Waals surface area contributed by atoms with Crippen molar-refractivity contribution in [1.82, 2.24) is 4.57 Å². The molecule has 1 aliphatic heterocycles. The topological polar surface area (TPSA) is 121 Å². The molecular formula is C34H29BrClN3O7S. The van der Waals surface area contributed by atoms with Crippen LogP contribution in [-0.4, -0.2) is 38.5 Å². The number of methoxy groups -OCH3 is 3. The number of rotatable bonds is 10. The summed E-state index contributed by atoms with van der Waals surface area (Å²) in [6.45, 7) is 3.78. The van der Waals surface area contributed by atoms with Gasteiger partial charge in [0, 0.05) is 4.47 Å². The Bertz CT molecular complexity index is 2120. The van der Waals surface area contributed by atoms with Crippen LogP contribution in [0.25, 0.3) is 6.08 Å². The van der Waals surface area contributed by atoms with Gasteiger partial charge in [0.25, 0.3) is 5.56 Å². The molecule has 5 rings (SSSR count). The van der Waals surface area contributed by atoms with Crippen molar-refractivity contribution in [3.8, 4) is 29.1 Å². The Kier molecular flexibility index (Phi) is 10.4. The van der Waals surface area contributed by atoms with Crippen LogP contribution in [0, 0.1) is 11.3 Å². The summed E-state index contributed by atoms with van der Waals surface area (Å²) in [6.07, 6.45) is 1.69. The molecule has 2 heterocycles. The molecule has 1 aromatic heterocycles. The standard InChI is InChI=1S/C34H29BrClN3O7S/c1-6-45-33(41)29-18(2)38-34-39(30(29)22-14-25(42-3)26(43-4)15-23(22)35)32(40)28(47-34)13-21-11-24(36)31(27(12-21)44-5)46-17-20-9-7-19(16-37)8-10-20/h7-15,30H,6,17H2,1-5H3/b28-13-/t30-/m1/s1. The first kappa shape index (κ1) is 33.8. The van der Waals surface area contributed by atoms with E-state index in [-0.39, 0.29) is 29.4 Å². The lowest BCUT2D eigenvalue weighted by atomic mass is 9.95. The van der Waals surface area contributed by atoms with Crippen LogP contribution in [0.4, 0.5) is 0 Å². The molecule has 47 heavy (non-hydrogen) atoms. The number of benzene rings is 3. The van der Waals surface area contributed by atoms with Gasteiger partial charge in [0.1, 0.15) is 6.61 Å². The summed E-state index contributed by atoms with van der Waals surface area (Å²) in [6, 6.07) is 15.1. The summed E-state index contributed by atoms with van der Waals surface area (Å²) in [4.78, 5) is 32.5. The number of nitrogens with zero attached hydrogens (tertiary/aromatic N) is 3. The molecule has 242 valence electrons. The molecule has 1 atom stereocenters. The van der Waals surface area contributed by atoms with E-state index in [1.807, 2.05) is 0 Å². The van der Waals surface area contributed by atoms with Gasteiger partial charge in [-0.1, -0.05) is 51.0 Å². The fourth-order valence-corrected chi connectivity index (χ4v) is 6.97. The predicted molar refractivity (Wildman–Crippen MR) is 181 cm³/mol. The Balaban J connectivity index is 1.60. The van der Waals surface area contributed by atoms with Crippen LogP contribution in [-0.2, 0) is 16.1 Å². The molecule has 13 heteroatoms. The molecule has 3 aromatic carbocycles. The van der Waals surface area contributed by atoms with E-state index in [1.165, 1.54) is 37.2 Å². The number of halogens is 2. The lowest BCUT2D eigenvalue weighted by Gasteiger charge is -2.26. The molecule has 1 aliphatic rings. The number of esters is 1. The van der Waals surface area contributed by atoms with Gasteiger partial charge in [0.05, 0.1) is 66.4 Å². The van der Waals surface area contributed by atoms with E-state index < -0.39 is 12.0 Å². The van der Waals surface area contributed by atoms with Gasteiger partial charge in [0.2, 0.25) is 0 Å². The highest BCUT2D eigenvalue weighted by Gasteiger charge is 2.35. The van der Waals surface area contributed by atoms with Gasteiger partial charge in [-0.25, -0.2) is 9.79 Å². The van der Waals surface area contributed by atoms with Gasteiger partial charge in [-0.05, 0) is 73.0 Å². The predicted octanol–water partition coefficient (Wildman–Crippen LogP) is 5.69. The van der Waals surface area contributed by atoms with Crippen LogP contribution in [0.15, 0.2) is 74.1 Å². The maximum absolute atomic E-state index is 14.2. The van der Waals surface area contributed by atoms with E-state index in [4.69, 9.17) is 40.5 Å². The van der Waals surface area contributed by atoms with Crippen LogP contribution in [0.1, 0.15) is 42.1 Å². The summed E-state index contributed by atoms with van der Waals surface area (Å²) in [7, 11) is 4.53. The number of thiazole rings is 1. The molecule has 0 unspecified atom stereocenters. The lowest BCUT2D eigenvalue weighted by molar-refractivity contribution is -0.139. The number of carbonyl (C=O) groups excluding carboxylic acids is 1. The van der Waals surface area contributed by atoms with E-state index in [9.17, 15) is 9.59 Å². The summed E-state index contributed by atoms with van der Waals surface area (Å²) in [5, 5.41) is 9.32. The van der Waals surface area contributed by atoms with Gasteiger partial charge in [-0.3, -0.25) is 9.36 Å². The Morgan fingerprint density at radius 2 is 1.77 bits per heavy atom. The second-order valence-corrected chi connectivity index (χ2v) is 12.4. The normalized spacial score (nSPS) is 14.2. The highest BCUT2D eigenvalue weighted by molar-refractivity contribution is 9.10. The number of ether oxygens (including phenoxy) is 5.